The van der Waals surface area contributed by atoms with Crippen molar-refractivity contribution in [2.24, 2.45) is 5.92 Å². The molecule has 0 aliphatic carbocycles. The van der Waals surface area contributed by atoms with E-state index in [1.165, 1.54) is 4.68 Å². The number of likely N-dealkylation sites (tertiary alicyclic amines) is 1. The summed E-state index contributed by atoms with van der Waals surface area (Å²) < 4.78 is 34.0. The molecule has 158 valence electrons. The van der Waals surface area contributed by atoms with Gasteiger partial charge in [-0.25, -0.2) is 13.5 Å². The molecule has 1 amide bonds. The number of carbonyl (C=O) groups excluding carboxylic acids is 1. The Morgan fingerprint density at radius 3 is 2.61 bits per heavy atom. The number of amides is 1. The molecule has 3 rings (SSSR count). The topological polar surface area (TPSA) is 59.4 Å². The van der Waals surface area contributed by atoms with Gasteiger partial charge in [0, 0.05) is 37.7 Å². The average Bonchev–Trinajstić information content (AvgIpc) is 3.10. The van der Waals surface area contributed by atoms with Crippen molar-refractivity contribution < 1.29 is 18.3 Å². The van der Waals surface area contributed by atoms with Crippen molar-refractivity contribution in [3.63, 3.8) is 0 Å². The number of nitrogens with zero attached hydrogens (tertiary/aromatic N) is 3. The van der Waals surface area contributed by atoms with E-state index < -0.39 is 12.5 Å². The molecule has 2 aliphatic rings. The van der Waals surface area contributed by atoms with E-state index in [1.54, 1.807) is 7.11 Å². The first-order valence-electron chi connectivity index (χ1n) is 10.1. The molecular formula is C20H32F2N4O2. The number of hydrogen-bond donors (Lipinski definition) is 1. The van der Waals surface area contributed by atoms with Crippen molar-refractivity contribution in [3.05, 3.63) is 11.8 Å². The number of hydrogen-bond acceptors (Lipinski definition) is 4. The molecular weight excluding hydrogens is 366 g/mol. The lowest BCUT2D eigenvalue weighted by molar-refractivity contribution is -0.133. The lowest BCUT2D eigenvalue weighted by atomic mass is 9.85. The zero-order chi connectivity index (χ0) is 20.5. The molecule has 2 aliphatic heterocycles. The zero-order valence-electron chi connectivity index (χ0n) is 17.3. The first-order chi connectivity index (χ1) is 13.2. The maximum atomic E-state index is 13.8. The van der Waals surface area contributed by atoms with Crippen LogP contribution in [0.25, 0.3) is 0 Å². The van der Waals surface area contributed by atoms with E-state index in [2.05, 4.69) is 10.4 Å². The van der Waals surface area contributed by atoms with Crippen LogP contribution in [0.15, 0.2) is 6.07 Å². The second kappa shape index (κ2) is 8.35. The quantitative estimate of drug-likeness (QED) is 0.825. The maximum absolute atomic E-state index is 13.8. The Hall–Kier alpha value is -1.70. The van der Waals surface area contributed by atoms with Gasteiger partial charge in [-0.2, -0.15) is 5.10 Å². The van der Waals surface area contributed by atoms with Crippen molar-refractivity contribution in [1.29, 1.82) is 0 Å². The molecule has 0 unspecified atom stereocenters. The van der Waals surface area contributed by atoms with Crippen LogP contribution in [-0.2, 0) is 14.9 Å². The minimum Gasteiger partial charge on any atom is -0.384 e. The Morgan fingerprint density at radius 1 is 1.36 bits per heavy atom. The number of fused-ring (bicyclic) bond motifs is 1. The number of rotatable bonds is 5. The molecule has 1 saturated heterocycles. The molecule has 3 heterocycles. The Kier molecular flexibility index (Phi) is 6.27. The fourth-order valence-electron chi connectivity index (χ4n) is 4.15. The lowest BCUT2D eigenvalue weighted by Crippen LogP contribution is -2.46. The van der Waals surface area contributed by atoms with Gasteiger partial charge in [0.15, 0.2) is 0 Å². The monoisotopic (exact) mass is 398 g/mol. The van der Waals surface area contributed by atoms with Crippen LogP contribution in [0.4, 0.5) is 14.6 Å². The minimum absolute atomic E-state index is 0.0211. The normalized spacial score (nSPS) is 23.6. The van der Waals surface area contributed by atoms with Gasteiger partial charge in [-0.3, -0.25) is 4.79 Å². The summed E-state index contributed by atoms with van der Waals surface area (Å²) in [7, 11) is 1.59. The molecule has 0 aromatic carbocycles. The van der Waals surface area contributed by atoms with E-state index in [9.17, 15) is 13.6 Å². The highest BCUT2D eigenvalue weighted by Crippen LogP contribution is 2.38. The molecule has 1 N–H and O–H groups in total. The number of methoxy groups -OCH3 is 1. The molecule has 0 bridgehead atoms. The molecule has 2 atom stereocenters. The van der Waals surface area contributed by atoms with E-state index in [4.69, 9.17) is 4.74 Å². The summed E-state index contributed by atoms with van der Waals surface area (Å²) >= 11 is 0. The number of aromatic nitrogens is 2. The van der Waals surface area contributed by atoms with Crippen LogP contribution in [0.2, 0.25) is 0 Å². The average molecular weight is 398 g/mol. The molecule has 6 nitrogen and oxygen atoms in total. The van der Waals surface area contributed by atoms with Crippen LogP contribution in [0, 0.1) is 5.92 Å². The summed E-state index contributed by atoms with van der Waals surface area (Å²) in [5.74, 6) is 1.06. The third-order valence-corrected chi connectivity index (χ3v) is 5.92. The number of carbonyl (C=O) groups is 1. The number of nitrogens with one attached hydrogen (secondary N) is 1. The lowest BCUT2D eigenvalue weighted by Gasteiger charge is -2.40. The van der Waals surface area contributed by atoms with Gasteiger partial charge >= 0.3 is 0 Å². The standard InChI is InChI=1S/C20H32F2N4O2/c1-20(2,3)16-12-17-23-14(11-15(19(21)22)26(17)24-16)13-5-8-25(9-6-13)18(27)7-10-28-4/h12-15,19,23H,5-11H2,1-4H3/t14-,15+/m0/s1. The fourth-order valence-corrected chi connectivity index (χ4v) is 4.15. The number of piperidine rings is 1. The smallest absolute Gasteiger partial charge is 0.260 e. The Labute approximate surface area is 165 Å². The van der Waals surface area contributed by atoms with E-state index in [-0.39, 0.29) is 23.3 Å². The summed E-state index contributed by atoms with van der Waals surface area (Å²) in [4.78, 5) is 14.0. The molecule has 8 heteroatoms. The van der Waals surface area contributed by atoms with Crippen molar-refractivity contribution in [3.8, 4) is 0 Å². The Balaban J connectivity index is 1.68. The van der Waals surface area contributed by atoms with Crippen LogP contribution >= 0.6 is 0 Å². The molecule has 28 heavy (non-hydrogen) atoms. The summed E-state index contributed by atoms with van der Waals surface area (Å²) in [6.45, 7) is 7.89. The fraction of sp³-hybridized carbons (Fsp3) is 0.800. The van der Waals surface area contributed by atoms with Crippen molar-refractivity contribution >= 4 is 11.7 Å². The predicted molar refractivity (Wildman–Crippen MR) is 104 cm³/mol. The highest BCUT2D eigenvalue weighted by atomic mass is 19.3. The summed E-state index contributed by atoms with van der Waals surface area (Å²) in [6.07, 6.45) is -0.0468. The predicted octanol–water partition coefficient (Wildman–Crippen LogP) is 3.45. The Morgan fingerprint density at radius 2 is 2.04 bits per heavy atom. The molecule has 0 spiro atoms. The minimum atomic E-state index is -2.45. The number of anilines is 1. The molecule has 0 saturated carbocycles. The van der Waals surface area contributed by atoms with E-state index in [1.807, 2.05) is 31.7 Å². The van der Waals surface area contributed by atoms with Crippen LogP contribution in [0.1, 0.15) is 58.2 Å². The van der Waals surface area contributed by atoms with Gasteiger partial charge in [-0.1, -0.05) is 20.8 Å². The number of halogens is 2. The Bertz CT molecular complexity index is 678. The van der Waals surface area contributed by atoms with E-state index in [0.29, 0.717) is 38.4 Å². The van der Waals surface area contributed by atoms with Gasteiger partial charge in [0.2, 0.25) is 5.91 Å². The van der Waals surface area contributed by atoms with Crippen LogP contribution < -0.4 is 5.32 Å². The number of alkyl halides is 2. The second-order valence-corrected chi connectivity index (χ2v) is 8.96. The van der Waals surface area contributed by atoms with Gasteiger partial charge in [-0.05, 0) is 25.2 Å². The third-order valence-electron chi connectivity index (χ3n) is 5.92. The molecule has 1 aromatic heterocycles. The molecule has 0 radical (unpaired) electrons. The van der Waals surface area contributed by atoms with Gasteiger partial charge in [0.1, 0.15) is 11.9 Å². The largest absolute Gasteiger partial charge is 0.384 e. The van der Waals surface area contributed by atoms with Crippen LogP contribution in [-0.4, -0.2) is 59.9 Å². The van der Waals surface area contributed by atoms with Gasteiger partial charge < -0.3 is 15.0 Å². The first-order valence-corrected chi connectivity index (χ1v) is 10.1. The van der Waals surface area contributed by atoms with Crippen LogP contribution in [0.5, 0.6) is 0 Å². The van der Waals surface area contributed by atoms with E-state index in [0.717, 1.165) is 18.5 Å². The molecule has 1 fully saturated rings. The van der Waals surface area contributed by atoms with Gasteiger partial charge in [-0.15, -0.1) is 0 Å². The van der Waals surface area contributed by atoms with E-state index >= 15 is 0 Å². The zero-order valence-corrected chi connectivity index (χ0v) is 17.3. The first kappa shape index (κ1) is 21.0. The highest BCUT2D eigenvalue weighted by molar-refractivity contribution is 5.76. The highest BCUT2D eigenvalue weighted by Gasteiger charge is 2.39. The second-order valence-electron chi connectivity index (χ2n) is 8.96. The van der Waals surface area contributed by atoms with Gasteiger partial charge in [0.05, 0.1) is 18.7 Å². The summed E-state index contributed by atoms with van der Waals surface area (Å²) in [6, 6.07) is 0.983. The molecule has 1 aromatic rings. The van der Waals surface area contributed by atoms with Crippen molar-refractivity contribution in [2.45, 2.75) is 70.4 Å². The maximum Gasteiger partial charge on any atom is 0.260 e. The van der Waals surface area contributed by atoms with Crippen molar-refractivity contribution in [1.82, 2.24) is 14.7 Å². The summed E-state index contributed by atoms with van der Waals surface area (Å²) in [5.41, 5.74) is 0.627. The van der Waals surface area contributed by atoms with Crippen molar-refractivity contribution in [2.75, 3.05) is 32.1 Å². The van der Waals surface area contributed by atoms with Gasteiger partial charge in [0.25, 0.3) is 6.43 Å². The van der Waals surface area contributed by atoms with Crippen LogP contribution in [0.3, 0.4) is 0 Å². The third kappa shape index (κ3) is 4.47. The SMILES string of the molecule is COCCC(=O)N1CCC([C@@H]2C[C@H](C(F)F)n3nc(C(C)(C)C)cc3N2)CC1. The summed E-state index contributed by atoms with van der Waals surface area (Å²) in [5, 5.41) is 7.94. The number of ether oxygens (including phenoxy) is 1.